The Balaban J connectivity index is 1.73. The number of aryl methyl sites for hydroxylation is 1. The Hall–Kier alpha value is -2.93. The Morgan fingerprint density at radius 3 is 2.54 bits per heavy atom. The van der Waals surface area contributed by atoms with Crippen LogP contribution in [0.15, 0.2) is 48.5 Å². The normalized spacial score (nSPS) is 10.6. The minimum Gasteiger partial charge on any atom is -0.492 e. The molecule has 2 aromatic carbocycles. The number of benzene rings is 2. The van der Waals surface area contributed by atoms with Gasteiger partial charge < -0.3 is 15.4 Å². The molecule has 3 rings (SSSR count). The summed E-state index contributed by atoms with van der Waals surface area (Å²) in [6.45, 7) is 6.97. The molecular weight excluding hydrogens is 375 g/mol. The number of thiocarbonyl (C=S) groups is 1. The SMILES string of the molecule is CCOc1ccccc1NC(=S)Nc1c(C)nn(Cc2ccc(F)cc2)c1C. The van der Waals surface area contributed by atoms with E-state index in [1.807, 2.05) is 49.7 Å². The van der Waals surface area contributed by atoms with Crippen molar-refractivity contribution in [3.63, 3.8) is 0 Å². The first-order valence-corrected chi connectivity index (χ1v) is 9.47. The predicted octanol–water partition coefficient (Wildman–Crippen LogP) is 4.89. The first kappa shape index (κ1) is 19.8. The van der Waals surface area contributed by atoms with E-state index in [9.17, 15) is 4.39 Å². The molecule has 0 amide bonds. The Kier molecular flexibility index (Phi) is 6.26. The molecule has 0 aliphatic heterocycles. The number of rotatable bonds is 6. The van der Waals surface area contributed by atoms with Crippen molar-refractivity contribution in [1.29, 1.82) is 0 Å². The lowest BCUT2D eigenvalue weighted by Crippen LogP contribution is -2.20. The monoisotopic (exact) mass is 398 g/mol. The van der Waals surface area contributed by atoms with E-state index in [0.29, 0.717) is 18.3 Å². The second-order valence-electron chi connectivity index (χ2n) is 6.34. The van der Waals surface area contributed by atoms with Gasteiger partial charge in [0.25, 0.3) is 0 Å². The third-order valence-electron chi connectivity index (χ3n) is 4.30. The van der Waals surface area contributed by atoms with Crippen molar-refractivity contribution in [2.75, 3.05) is 17.2 Å². The fourth-order valence-corrected chi connectivity index (χ4v) is 3.12. The van der Waals surface area contributed by atoms with Crippen LogP contribution in [0.4, 0.5) is 15.8 Å². The van der Waals surface area contributed by atoms with E-state index in [-0.39, 0.29) is 5.82 Å². The van der Waals surface area contributed by atoms with Crippen LogP contribution in [0.1, 0.15) is 23.9 Å². The number of para-hydroxylation sites is 2. The maximum Gasteiger partial charge on any atom is 0.175 e. The molecule has 0 bridgehead atoms. The largest absolute Gasteiger partial charge is 0.492 e. The number of aromatic nitrogens is 2. The topological polar surface area (TPSA) is 51.1 Å². The number of ether oxygens (including phenoxy) is 1. The summed E-state index contributed by atoms with van der Waals surface area (Å²) < 4.78 is 20.6. The molecule has 5 nitrogen and oxygen atoms in total. The first-order valence-electron chi connectivity index (χ1n) is 9.06. The van der Waals surface area contributed by atoms with Crippen molar-refractivity contribution >= 4 is 28.7 Å². The van der Waals surface area contributed by atoms with Crippen LogP contribution in [0.3, 0.4) is 0 Å². The van der Waals surface area contributed by atoms with Gasteiger partial charge in [0.15, 0.2) is 5.11 Å². The van der Waals surface area contributed by atoms with Crippen LogP contribution in [0.5, 0.6) is 5.75 Å². The molecule has 1 heterocycles. The molecule has 0 unspecified atom stereocenters. The van der Waals surface area contributed by atoms with E-state index < -0.39 is 0 Å². The number of nitrogens with one attached hydrogen (secondary N) is 2. The molecule has 3 aromatic rings. The van der Waals surface area contributed by atoms with E-state index in [1.165, 1.54) is 12.1 Å². The molecule has 0 aliphatic rings. The van der Waals surface area contributed by atoms with Crippen molar-refractivity contribution in [2.24, 2.45) is 0 Å². The van der Waals surface area contributed by atoms with Gasteiger partial charge >= 0.3 is 0 Å². The van der Waals surface area contributed by atoms with Gasteiger partial charge in [0.2, 0.25) is 0 Å². The zero-order chi connectivity index (χ0) is 20.1. The molecule has 0 spiro atoms. The number of halogens is 1. The number of nitrogens with zero attached hydrogens (tertiary/aromatic N) is 2. The highest BCUT2D eigenvalue weighted by molar-refractivity contribution is 7.80. The van der Waals surface area contributed by atoms with E-state index in [4.69, 9.17) is 17.0 Å². The lowest BCUT2D eigenvalue weighted by atomic mass is 10.2. The maximum absolute atomic E-state index is 13.1. The van der Waals surface area contributed by atoms with Gasteiger partial charge in [0.05, 0.1) is 35.9 Å². The zero-order valence-corrected chi connectivity index (χ0v) is 16.9. The highest BCUT2D eigenvalue weighted by Gasteiger charge is 2.14. The highest BCUT2D eigenvalue weighted by Crippen LogP contribution is 2.25. The van der Waals surface area contributed by atoms with Crippen molar-refractivity contribution in [3.05, 3.63) is 71.3 Å². The highest BCUT2D eigenvalue weighted by atomic mass is 32.1. The van der Waals surface area contributed by atoms with Crippen LogP contribution in [0.25, 0.3) is 0 Å². The summed E-state index contributed by atoms with van der Waals surface area (Å²) >= 11 is 5.48. The average Bonchev–Trinajstić information content (AvgIpc) is 2.93. The molecule has 146 valence electrons. The van der Waals surface area contributed by atoms with Crippen LogP contribution in [0, 0.1) is 19.7 Å². The van der Waals surface area contributed by atoms with E-state index in [1.54, 1.807) is 12.1 Å². The van der Waals surface area contributed by atoms with Gasteiger partial charge in [-0.1, -0.05) is 24.3 Å². The maximum atomic E-state index is 13.1. The number of hydrogen-bond donors (Lipinski definition) is 2. The van der Waals surface area contributed by atoms with Crippen molar-refractivity contribution in [1.82, 2.24) is 9.78 Å². The number of hydrogen-bond acceptors (Lipinski definition) is 3. The Bertz CT molecular complexity index is 969. The van der Waals surface area contributed by atoms with Crippen LogP contribution in [-0.4, -0.2) is 21.5 Å². The molecular formula is C21H23FN4OS. The van der Waals surface area contributed by atoms with E-state index in [2.05, 4.69) is 15.7 Å². The average molecular weight is 399 g/mol. The minimum absolute atomic E-state index is 0.247. The fourth-order valence-electron chi connectivity index (χ4n) is 2.91. The minimum atomic E-state index is -0.247. The fraction of sp³-hybridized carbons (Fsp3) is 0.238. The van der Waals surface area contributed by atoms with Gasteiger partial charge in [-0.2, -0.15) is 5.10 Å². The lowest BCUT2D eigenvalue weighted by Gasteiger charge is -2.14. The zero-order valence-electron chi connectivity index (χ0n) is 16.1. The lowest BCUT2D eigenvalue weighted by molar-refractivity contribution is 0.342. The summed E-state index contributed by atoms with van der Waals surface area (Å²) in [5.41, 5.74) is 4.42. The Morgan fingerprint density at radius 1 is 1.11 bits per heavy atom. The molecule has 0 aliphatic carbocycles. The van der Waals surface area contributed by atoms with Gasteiger partial charge in [-0.15, -0.1) is 0 Å². The second-order valence-corrected chi connectivity index (χ2v) is 6.75. The summed E-state index contributed by atoms with van der Waals surface area (Å²) in [6, 6.07) is 14.1. The van der Waals surface area contributed by atoms with Gasteiger partial charge in [-0.25, -0.2) is 4.39 Å². The Labute approximate surface area is 169 Å². The third kappa shape index (κ3) is 4.67. The van der Waals surface area contributed by atoms with Gasteiger partial charge in [0, 0.05) is 0 Å². The smallest absolute Gasteiger partial charge is 0.175 e. The summed E-state index contributed by atoms with van der Waals surface area (Å²) in [6.07, 6.45) is 0. The van der Waals surface area contributed by atoms with Gasteiger partial charge in [0.1, 0.15) is 11.6 Å². The summed E-state index contributed by atoms with van der Waals surface area (Å²) in [5.74, 6) is 0.498. The molecule has 0 radical (unpaired) electrons. The van der Waals surface area contributed by atoms with E-state index in [0.717, 1.165) is 34.1 Å². The molecule has 7 heteroatoms. The van der Waals surface area contributed by atoms with Crippen LogP contribution in [-0.2, 0) is 6.54 Å². The third-order valence-corrected chi connectivity index (χ3v) is 4.50. The molecule has 2 N–H and O–H groups in total. The summed E-state index contributed by atoms with van der Waals surface area (Å²) in [5, 5.41) is 11.5. The number of anilines is 2. The quantitative estimate of drug-likeness (QED) is 0.579. The molecule has 0 saturated heterocycles. The van der Waals surface area contributed by atoms with Gasteiger partial charge in [-0.05, 0) is 62.8 Å². The second kappa shape index (κ2) is 8.84. The standard InChI is InChI=1S/C21H23FN4OS/c1-4-27-19-8-6-5-7-18(19)23-21(28)24-20-14(2)25-26(15(20)3)13-16-9-11-17(22)12-10-16/h5-12H,4,13H2,1-3H3,(H2,23,24,28). The van der Waals surface area contributed by atoms with Crippen molar-refractivity contribution < 1.29 is 9.13 Å². The van der Waals surface area contributed by atoms with Crippen LogP contribution >= 0.6 is 12.2 Å². The molecule has 1 aromatic heterocycles. The first-order chi connectivity index (χ1) is 13.5. The van der Waals surface area contributed by atoms with Crippen molar-refractivity contribution in [3.8, 4) is 5.75 Å². The molecule has 0 fully saturated rings. The summed E-state index contributed by atoms with van der Waals surface area (Å²) in [4.78, 5) is 0. The van der Waals surface area contributed by atoms with E-state index >= 15 is 0 Å². The predicted molar refractivity (Wildman–Crippen MR) is 115 cm³/mol. The van der Waals surface area contributed by atoms with Crippen LogP contribution < -0.4 is 15.4 Å². The molecule has 28 heavy (non-hydrogen) atoms. The summed E-state index contributed by atoms with van der Waals surface area (Å²) in [7, 11) is 0. The van der Waals surface area contributed by atoms with Crippen molar-refractivity contribution in [2.45, 2.75) is 27.3 Å². The van der Waals surface area contributed by atoms with Crippen LogP contribution in [0.2, 0.25) is 0 Å². The van der Waals surface area contributed by atoms with Gasteiger partial charge in [-0.3, -0.25) is 4.68 Å². The Morgan fingerprint density at radius 2 is 1.82 bits per heavy atom. The molecule has 0 saturated carbocycles. The molecule has 0 atom stereocenters.